The quantitative estimate of drug-likeness (QED) is 0.324. The Hall–Kier alpha value is -2.83. The van der Waals surface area contributed by atoms with Gasteiger partial charge in [-0.3, -0.25) is 14.9 Å². The lowest BCUT2D eigenvalue weighted by Crippen LogP contribution is -2.13. The van der Waals surface area contributed by atoms with Crippen molar-refractivity contribution in [3.63, 3.8) is 0 Å². The number of hydrogen-bond acceptors (Lipinski definition) is 4. The van der Waals surface area contributed by atoms with E-state index in [2.05, 4.69) is 5.32 Å². The largest absolute Gasteiger partial charge is 0.320 e. The molecule has 0 aliphatic carbocycles. The molecule has 0 aliphatic heterocycles. The van der Waals surface area contributed by atoms with Crippen molar-refractivity contribution in [2.75, 3.05) is 5.32 Å². The number of halogens is 1. The number of hydrogen-bond donors (Lipinski definition) is 1. The second kappa shape index (κ2) is 8.70. The van der Waals surface area contributed by atoms with E-state index in [0.29, 0.717) is 5.56 Å². The number of nitrogens with one attached hydrogen (secondary N) is 1. The topological polar surface area (TPSA) is 72.2 Å². The summed E-state index contributed by atoms with van der Waals surface area (Å²) in [6.45, 7) is 0. The number of nitro groups is 1. The van der Waals surface area contributed by atoms with Crippen LogP contribution in [0.2, 0.25) is 5.02 Å². The molecule has 0 radical (unpaired) electrons. The van der Waals surface area contributed by atoms with Gasteiger partial charge in [0.05, 0.1) is 21.2 Å². The minimum absolute atomic E-state index is 0.138. The molecule has 0 bridgehead atoms. The summed E-state index contributed by atoms with van der Waals surface area (Å²) in [6, 6.07) is 21.1. The van der Waals surface area contributed by atoms with Gasteiger partial charge in [-0.1, -0.05) is 54.1 Å². The van der Waals surface area contributed by atoms with Gasteiger partial charge in [-0.25, -0.2) is 0 Å². The fourth-order valence-corrected chi connectivity index (χ4v) is 3.60. The fraction of sp³-hybridized carbons (Fsp3) is 0.0500. The number of anilines is 1. The van der Waals surface area contributed by atoms with Gasteiger partial charge in [-0.2, -0.15) is 0 Å². The average Bonchev–Trinajstić information content (AvgIpc) is 2.69. The third kappa shape index (κ3) is 4.87. The Morgan fingerprint density at radius 3 is 2.48 bits per heavy atom. The highest BCUT2D eigenvalue weighted by Gasteiger charge is 2.16. The van der Waals surface area contributed by atoms with Gasteiger partial charge in [-0.15, -0.1) is 11.8 Å². The second-order valence-electron chi connectivity index (χ2n) is 5.65. The highest BCUT2D eigenvalue weighted by Crippen LogP contribution is 2.30. The molecule has 1 amide bonds. The summed E-state index contributed by atoms with van der Waals surface area (Å²) in [7, 11) is 0. The van der Waals surface area contributed by atoms with E-state index in [1.54, 1.807) is 23.9 Å². The zero-order chi connectivity index (χ0) is 19.2. The monoisotopic (exact) mass is 398 g/mol. The van der Waals surface area contributed by atoms with Gasteiger partial charge < -0.3 is 5.32 Å². The molecule has 0 atom stereocenters. The summed E-state index contributed by atoms with van der Waals surface area (Å²) in [6.07, 6.45) is 0. The molecule has 0 spiro atoms. The number of rotatable bonds is 6. The average molecular weight is 399 g/mol. The number of nitro benzene ring substituents is 1. The van der Waals surface area contributed by atoms with Crippen molar-refractivity contribution in [1.82, 2.24) is 0 Å². The molecule has 136 valence electrons. The Bertz CT molecular complexity index is 980. The van der Waals surface area contributed by atoms with Crippen LogP contribution in [0.3, 0.4) is 0 Å². The number of non-ortho nitro benzene ring substituents is 1. The highest BCUT2D eigenvalue weighted by molar-refractivity contribution is 7.98. The molecule has 0 saturated carbocycles. The van der Waals surface area contributed by atoms with Gasteiger partial charge in [0.2, 0.25) is 0 Å². The van der Waals surface area contributed by atoms with Crippen LogP contribution in [0.15, 0.2) is 77.7 Å². The molecule has 3 aromatic rings. The van der Waals surface area contributed by atoms with E-state index in [9.17, 15) is 14.9 Å². The van der Waals surface area contributed by atoms with Crippen LogP contribution >= 0.6 is 23.4 Å². The molecule has 0 aromatic heterocycles. The Morgan fingerprint density at radius 2 is 1.74 bits per heavy atom. The van der Waals surface area contributed by atoms with Crippen molar-refractivity contribution in [1.29, 1.82) is 0 Å². The number of carbonyl (C=O) groups excluding carboxylic acids is 1. The summed E-state index contributed by atoms with van der Waals surface area (Å²) in [5, 5.41) is 13.9. The lowest BCUT2D eigenvalue weighted by molar-refractivity contribution is -0.384. The van der Waals surface area contributed by atoms with Gasteiger partial charge in [0.1, 0.15) is 0 Å². The van der Waals surface area contributed by atoms with Crippen molar-refractivity contribution in [2.24, 2.45) is 0 Å². The zero-order valence-corrected chi connectivity index (χ0v) is 15.7. The minimum Gasteiger partial charge on any atom is -0.320 e. The van der Waals surface area contributed by atoms with Crippen LogP contribution in [0.5, 0.6) is 0 Å². The van der Waals surface area contributed by atoms with Crippen LogP contribution in [-0.4, -0.2) is 10.8 Å². The summed E-state index contributed by atoms with van der Waals surface area (Å²) < 4.78 is 0. The zero-order valence-electron chi connectivity index (χ0n) is 14.1. The van der Waals surface area contributed by atoms with E-state index in [1.165, 1.54) is 18.2 Å². The lowest BCUT2D eigenvalue weighted by Gasteiger charge is -2.11. The Morgan fingerprint density at radius 1 is 1.04 bits per heavy atom. The molecule has 5 nitrogen and oxygen atoms in total. The normalized spacial score (nSPS) is 10.4. The van der Waals surface area contributed by atoms with Gasteiger partial charge in [-0.05, 0) is 23.8 Å². The van der Waals surface area contributed by atoms with E-state index in [-0.39, 0.29) is 22.3 Å². The van der Waals surface area contributed by atoms with Gasteiger partial charge in [0.25, 0.3) is 11.6 Å². The van der Waals surface area contributed by atoms with E-state index >= 15 is 0 Å². The first kappa shape index (κ1) is 18.9. The van der Waals surface area contributed by atoms with E-state index in [1.807, 2.05) is 42.5 Å². The predicted octanol–water partition coefficient (Wildman–Crippen LogP) is 5.79. The van der Waals surface area contributed by atoms with E-state index in [0.717, 1.165) is 16.2 Å². The molecule has 0 saturated heterocycles. The second-order valence-corrected chi connectivity index (χ2v) is 7.07. The van der Waals surface area contributed by atoms with Crippen LogP contribution in [-0.2, 0) is 5.75 Å². The summed E-state index contributed by atoms with van der Waals surface area (Å²) in [4.78, 5) is 24.0. The molecule has 0 fully saturated rings. The smallest absolute Gasteiger partial charge is 0.271 e. The Labute approximate surface area is 165 Å². The molecular weight excluding hydrogens is 384 g/mol. The maximum atomic E-state index is 12.7. The van der Waals surface area contributed by atoms with Gasteiger partial charge in [0, 0.05) is 22.8 Å². The number of thioether (sulfide) groups is 1. The van der Waals surface area contributed by atoms with Crippen LogP contribution in [0.1, 0.15) is 15.9 Å². The number of amides is 1. The molecule has 0 heterocycles. The first-order valence-corrected chi connectivity index (χ1v) is 9.42. The molecule has 0 aliphatic rings. The highest BCUT2D eigenvalue weighted by atomic mass is 35.5. The number of benzene rings is 3. The molecule has 0 unspecified atom stereocenters. The van der Waals surface area contributed by atoms with Crippen molar-refractivity contribution in [3.8, 4) is 0 Å². The van der Waals surface area contributed by atoms with Crippen LogP contribution in [0.4, 0.5) is 11.4 Å². The van der Waals surface area contributed by atoms with Crippen molar-refractivity contribution >= 4 is 40.6 Å². The summed E-state index contributed by atoms with van der Waals surface area (Å²) >= 11 is 7.62. The molecule has 1 N–H and O–H groups in total. The van der Waals surface area contributed by atoms with E-state index in [4.69, 9.17) is 11.6 Å². The van der Waals surface area contributed by atoms with Gasteiger partial charge in [0.15, 0.2) is 0 Å². The van der Waals surface area contributed by atoms with Crippen LogP contribution in [0, 0.1) is 10.1 Å². The lowest BCUT2D eigenvalue weighted by atomic mass is 10.2. The third-order valence-corrected chi connectivity index (χ3v) is 5.25. The molecule has 3 rings (SSSR count). The van der Waals surface area contributed by atoms with Crippen molar-refractivity contribution in [2.45, 2.75) is 10.6 Å². The Balaban J connectivity index is 1.79. The summed E-state index contributed by atoms with van der Waals surface area (Å²) in [5.41, 5.74) is 1.71. The standard InChI is InChI=1S/C20H15ClN2O3S/c21-17-11-10-15(23(25)26)12-18(17)22-20(24)16-8-4-5-9-19(16)27-13-14-6-2-1-3-7-14/h1-12H,13H2,(H,22,24). The SMILES string of the molecule is O=C(Nc1cc([N+](=O)[O-])ccc1Cl)c1ccccc1SCc1ccccc1. The van der Waals surface area contributed by atoms with Gasteiger partial charge >= 0.3 is 0 Å². The van der Waals surface area contributed by atoms with Crippen LogP contribution in [0.25, 0.3) is 0 Å². The third-order valence-electron chi connectivity index (χ3n) is 3.78. The number of nitrogens with zero attached hydrogens (tertiary/aromatic N) is 1. The molecule has 3 aromatic carbocycles. The molecule has 27 heavy (non-hydrogen) atoms. The maximum absolute atomic E-state index is 12.7. The fourth-order valence-electron chi connectivity index (χ4n) is 2.43. The molecular formula is C20H15ClN2O3S. The maximum Gasteiger partial charge on any atom is 0.271 e. The first-order valence-electron chi connectivity index (χ1n) is 8.05. The van der Waals surface area contributed by atoms with Crippen molar-refractivity contribution in [3.05, 3.63) is 99.1 Å². The number of carbonyl (C=O) groups is 1. The van der Waals surface area contributed by atoms with E-state index < -0.39 is 4.92 Å². The van der Waals surface area contributed by atoms with Crippen molar-refractivity contribution < 1.29 is 9.72 Å². The summed E-state index contributed by atoms with van der Waals surface area (Å²) in [5.74, 6) is 0.358. The van der Waals surface area contributed by atoms with Crippen LogP contribution < -0.4 is 5.32 Å². The first-order chi connectivity index (χ1) is 13.0. The minimum atomic E-state index is -0.532. The molecule has 7 heteroatoms. The Kier molecular flexibility index (Phi) is 6.11. The predicted molar refractivity (Wildman–Crippen MR) is 109 cm³/mol.